The number of nitrogens with one attached hydrogen (secondary N) is 1. The number of hydrogen-bond acceptors (Lipinski definition) is 6. The predicted octanol–water partition coefficient (Wildman–Crippen LogP) is 3.81. The van der Waals surface area contributed by atoms with Gasteiger partial charge in [-0.15, -0.1) is 0 Å². The molecule has 0 aliphatic rings. The summed E-state index contributed by atoms with van der Waals surface area (Å²) >= 11 is 0. The highest BCUT2D eigenvalue weighted by Crippen LogP contribution is 2.30. The van der Waals surface area contributed by atoms with E-state index in [1.165, 1.54) is 11.8 Å². The van der Waals surface area contributed by atoms with Crippen molar-refractivity contribution in [1.29, 1.82) is 0 Å². The third-order valence-corrected chi connectivity index (χ3v) is 5.78. The molecular formula is C25H27N5O4. The number of para-hydroxylation sites is 1. The van der Waals surface area contributed by atoms with Crippen LogP contribution in [0.5, 0.6) is 11.5 Å². The summed E-state index contributed by atoms with van der Waals surface area (Å²) in [5, 5.41) is 12.6. The molecule has 1 N–H and O–H groups in total. The van der Waals surface area contributed by atoms with E-state index < -0.39 is 11.6 Å². The van der Waals surface area contributed by atoms with Crippen LogP contribution in [0.25, 0.3) is 16.6 Å². The van der Waals surface area contributed by atoms with E-state index in [9.17, 15) is 9.59 Å². The zero-order valence-corrected chi connectivity index (χ0v) is 19.8. The molecule has 2 heterocycles. The molecule has 1 atom stereocenters. The number of aryl methyl sites for hydroxylation is 2. The average molecular weight is 462 g/mol. The maximum atomic E-state index is 13.4. The van der Waals surface area contributed by atoms with Crippen LogP contribution in [0.1, 0.15) is 30.8 Å². The van der Waals surface area contributed by atoms with Crippen molar-refractivity contribution in [3.05, 3.63) is 70.3 Å². The fourth-order valence-electron chi connectivity index (χ4n) is 4.09. The minimum absolute atomic E-state index is 0.284. The van der Waals surface area contributed by atoms with Crippen LogP contribution in [0.2, 0.25) is 0 Å². The second-order valence-corrected chi connectivity index (χ2v) is 7.87. The second kappa shape index (κ2) is 9.38. The van der Waals surface area contributed by atoms with Crippen LogP contribution < -0.4 is 20.3 Å². The van der Waals surface area contributed by atoms with Gasteiger partial charge in [-0.05, 0) is 44.5 Å². The molecule has 0 spiro atoms. The van der Waals surface area contributed by atoms with E-state index in [0.29, 0.717) is 34.7 Å². The number of nitrogens with zero attached hydrogens (tertiary/aromatic N) is 4. The van der Waals surface area contributed by atoms with Gasteiger partial charge in [-0.2, -0.15) is 10.2 Å². The topological polar surface area (TPSA) is 100 Å². The van der Waals surface area contributed by atoms with Crippen molar-refractivity contribution in [2.75, 3.05) is 19.5 Å². The van der Waals surface area contributed by atoms with Crippen molar-refractivity contribution in [3.63, 3.8) is 0 Å². The summed E-state index contributed by atoms with van der Waals surface area (Å²) < 4.78 is 13.5. The van der Waals surface area contributed by atoms with Crippen molar-refractivity contribution >= 4 is 22.5 Å². The first kappa shape index (κ1) is 23.0. The van der Waals surface area contributed by atoms with E-state index in [1.54, 1.807) is 30.0 Å². The van der Waals surface area contributed by atoms with Crippen molar-refractivity contribution in [3.8, 4) is 17.2 Å². The summed E-state index contributed by atoms with van der Waals surface area (Å²) in [6.45, 7) is 5.56. The van der Waals surface area contributed by atoms with Crippen LogP contribution >= 0.6 is 0 Å². The van der Waals surface area contributed by atoms with E-state index in [1.807, 2.05) is 51.1 Å². The molecule has 0 fully saturated rings. The molecule has 0 unspecified atom stereocenters. The lowest BCUT2D eigenvalue weighted by Crippen LogP contribution is -2.35. The Balaban J connectivity index is 1.74. The molecule has 0 bridgehead atoms. The predicted molar refractivity (Wildman–Crippen MR) is 130 cm³/mol. The Morgan fingerprint density at radius 2 is 1.74 bits per heavy atom. The minimum Gasteiger partial charge on any atom is -0.493 e. The number of fused-ring (bicyclic) bond motifs is 1. The van der Waals surface area contributed by atoms with Crippen LogP contribution in [0, 0.1) is 13.8 Å². The SMILES string of the molecule is CC[C@@H](C(=O)Nc1ccc(OC)c(OC)c1)n1nc(C)c2c(C)n(-c3ccccc3)nc2c1=O. The highest BCUT2D eigenvalue weighted by molar-refractivity contribution is 5.94. The molecule has 176 valence electrons. The Hall–Kier alpha value is -4.14. The van der Waals surface area contributed by atoms with Crippen molar-refractivity contribution in [2.24, 2.45) is 0 Å². The van der Waals surface area contributed by atoms with Crippen molar-refractivity contribution in [2.45, 2.75) is 33.2 Å². The standard InChI is InChI=1S/C25H27N5O4/c1-6-19(24(31)26-17-12-13-20(33-4)21(14-17)34-5)30-25(32)23-22(15(2)27-30)16(3)29(28-23)18-10-8-7-9-11-18/h7-14,19H,6H2,1-5H3,(H,26,31)/t19-/m0/s1. The number of hydrogen-bond donors (Lipinski definition) is 1. The van der Waals surface area contributed by atoms with Crippen LogP contribution in [-0.2, 0) is 4.79 Å². The number of anilines is 1. The molecule has 0 aliphatic heterocycles. The van der Waals surface area contributed by atoms with E-state index in [4.69, 9.17) is 9.47 Å². The normalized spacial score (nSPS) is 11.9. The summed E-state index contributed by atoms with van der Waals surface area (Å²) in [6.07, 6.45) is 0.370. The maximum absolute atomic E-state index is 13.4. The largest absolute Gasteiger partial charge is 0.493 e. The van der Waals surface area contributed by atoms with Gasteiger partial charge in [0.15, 0.2) is 17.0 Å². The van der Waals surface area contributed by atoms with Crippen LogP contribution in [0.3, 0.4) is 0 Å². The van der Waals surface area contributed by atoms with Gasteiger partial charge in [0, 0.05) is 11.8 Å². The first-order chi connectivity index (χ1) is 16.4. The number of ether oxygens (including phenoxy) is 2. The quantitative estimate of drug-likeness (QED) is 0.449. The lowest BCUT2D eigenvalue weighted by atomic mass is 10.1. The van der Waals surface area contributed by atoms with Gasteiger partial charge in [0.2, 0.25) is 5.91 Å². The Morgan fingerprint density at radius 3 is 2.38 bits per heavy atom. The van der Waals surface area contributed by atoms with Gasteiger partial charge in [-0.1, -0.05) is 25.1 Å². The Bertz CT molecular complexity index is 1410. The minimum atomic E-state index is -0.814. The Labute approximate surface area is 196 Å². The molecular weight excluding hydrogens is 434 g/mol. The zero-order valence-electron chi connectivity index (χ0n) is 19.8. The Morgan fingerprint density at radius 1 is 1.03 bits per heavy atom. The highest BCUT2D eigenvalue weighted by Gasteiger charge is 2.25. The summed E-state index contributed by atoms with van der Waals surface area (Å²) in [5.74, 6) is 0.681. The van der Waals surface area contributed by atoms with Gasteiger partial charge in [0.25, 0.3) is 5.56 Å². The fraction of sp³-hybridized carbons (Fsp3) is 0.280. The maximum Gasteiger partial charge on any atom is 0.295 e. The molecule has 2 aromatic heterocycles. The van der Waals surface area contributed by atoms with Crippen molar-refractivity contribution in [1.82, 2.24) is 19.6 Å². The lowest BCUT2D eigenvalue weighted by Gasteiger charge is -2.18. The lowest BCUT2D eigenvalue weighted by molar-refractivity contribution is -0.119. The molecule has 2 aromatic carbocycles. The number of carbonyl (C=O) groups excluding carboxylic acids is 1. The summed E-state index contributed by atoms with van der Waals surface area (Å²) in [6, 6.07) is 13.9. The van der Waals surface area contributed by atoms with Gasteiger partial charge < -0.3 is 14.8 Å². The molecule has 1 amide bonds. The van der Waals surface area contributed by atoms with Gasteiger partial charge in [-0.3, -0.25) is 9.59 Å². The molecule has 9 nitrogen and oxygen atoms in total. The fourth-order valence-corrected chi connectivity index (χ4v) is 4.09. The summed E-state index contributed by atoms with van der Waals surface area (Å²) in [5.41, 5.74) is 2.69. The molecule has 0 saturated carbocycles. The number of carbonyl (C=O) groups is 1. The van der Waals surface area contributed by atoms with Gasteiger partial charge >= 0.3 is 0 Å². The third-order valence-electron chi connectivity index (χ3n) is 5.78. The number of rotatable bonds is 7. The van der Waals surface area contributed by atoms with Crippen LogP contribution in [-0.4, -0.2) is 39.7 Å². The molecule has 0 radical (unpaired) electrons. The van der Waals surface area contributed by atoms with Gasteiger partial charge in [-0.25, -0.2) is 9.36 Å². The third kappa shape index (κ3) is 4.00. The average Bonchev–Trinajstić information content (AvgIpc) is 3.21. The van der Waals surface area contributed by atoms with Gasteiger partial charge in [0.05, 0.1) is 36.7 Å². The van der Waals surface area contributed by atoms with Gasteiger partial charge in [0.1, 0.15) is 6.04 Å². The monoisotopic (exact) mass is 461 g/mol. The smallest absolute Gasteiger partial charge is 0.295 e. The molecule has 4 aromatic rings. The van der Waals surface area contributed by atoms with Crippen LogP contribution in [0.15, 0.2) is 53.3 Å². The number of aromatic nitrogens is 4. The Kier molecular flexibility index (Phi) is 6.36. The highest BCUT2D eigenvalue weighted by atomic mass is 16.5. The van der Waals surface area contributed by atoms with Crippen molar-refractivity contribution < 1.29 is 14.3 Å². The summed E-state index contributed by atoms with van der Waals surface area (Å²) in [7, 11) is 3.07. The molecule has 0 aliphatic carbocycles. The molecule has 4 rings (SSSR count). The second-order valence-electron chi connectivity index (χ2n) is 7.87. The van der Waals surface area contributed by atoms with E-state index in [2.05, 4.69) is 15.5 Å². The number of benzene rings is 2. The first-order valence-corrected chi connectivity index (χ1v) is 11.0. The molecule has 9 heteroatoms. The van der Waals surface area contributed by atoms with E-state index >= 15 is 0 Å². The molecule has 34 heavy (non-hydrogen) atoms. The first-order valence-electron chi connectivity index (χ1n) is 11.0. The number of methoxy groups -OCH3 is 2. The van der Waals surface area contributed by atoms with Crippen LogP contribution in [0.4, 0.5) is 5.69 Å². The number of amides is 1. The van der Waals surface area contributed by atoms with E-state index in [-0.39, 0.29) is 11.4 Å². The molecule has 0 saturated heterocycles. The zero-order chi connectivity index (χ0) is 24.4. The van der Waals surface area contributed by atoms with E-state index in [0.717, 1.165) is 11.4 Å². The summed E-state index contributed by atoms with van der Waals surface area (Å²) in [4.78, 5) is 26.6.